The zero-order valence-corrected chi connectivity index (χ0v) is 11.1. The van der Waals surface area contributed by atoms with E-state index in [9.17, 15) is 0 Å². The Balaban J connectivity index is 1.67. The number of aromatic nitrogens is 2. The molecule has 6 heteroatoms. The van der Waals surface area contributed by atoms with Crippen LogP contribution in [-0.2, 0) is 0 Å². The fraction of sp³-hybridized carbons (Fsp3) is 0.385. The topological polar surface area (TPSA) is 47.5 Å². The van der Waals surface area contributed by atoms with Crippen molar-refractivity contribution in [3.05, 3.63) is 30.1 Å². The number of anilines is 1. The minimum atomic E-state index is 0.323. The Morgan fingerprint density at radius 1 is 1.26 bits per heavy atom. The van der Waals surface area contributed by atoms with Gasteiger partial charge in [0.15, 0.2) is 11.5 Å². The molecule has 2 aliphatic rings. The van der Waals surface area contributed by atoms with Crippen LogP contribution in [-0.4, -0.2) is 22.7 Å². The normalized spacial score (nSPS) is 21.1. The predicted octanol–water partition coefficient (Wildman–Crippen LogP) is 2.61. The third kappa shape index (κ3) is 1.83. The Hall–Kier alpha value is -1.82. The van der Waals surface area contributed by atoms with Gasteiger partial charge in [-0.05, 0) is 30.5 Å². The van der Waals surface area contributed by atoms with Gasteiger partial charge in [0.2, 0.25) is 11.9 Å². The summed E-state index contributed by atoms with van der Waals surface area (Å²) >= 11 is 1.45. The van der Waals surface area contributed by atoms with E-state index >= 15 is 0 Å². The highest BCUT2D eigenvalue weighted by atomic mass is 32.1. The van der Waals surface area contributed by atoms with Crippen molar-refractivity contribution >= 4 is 16.7 Å². The van der Waals surface area contributed by atoms with Crippen LogP contribution in [0.3, 0.4) is 0 Å². The summed E-state index contributed by atoms with van der Waals surface area (Å²) in [7, 11) is 0. The first-order valence-corrected chi connectivity index (χ1v) is 7.12. The van der Waals surface area contributed by atoms with E-state index in [-0.39, 0.29) is 0 Å². The zero-order chi connectivity index (χ0) is 12.7. The summed E-state index contributed by atoms with van der Waals surface area (Å²) in [6.45, 7) is 1.36. The lowest BCUT2D eigenvalue weighted by atomic mass is 10.0. The Morgan fingerprint density at radius 2 is 2.21 bits per heavy atom. The van der Waals surface area contributed by atoms with Gasteiger partial charge in [-0.1, -0.05) is 6.07 Å². The molecule has 1 atom stereocenters. The number of hydrogen-bond donors (Lipinski definition) is 0. The second-order valence-corrected chi connectivity index (χ2v) is 5.45. The highest BCUT2D eigenvalue weighted by Gasteiger charge is 2.29. The quantitative estimate of drug-likeness (QED) is 0.843. The maximum absolute atomic E-state index is 5.46. The van der Waals surface area contributed by atoms with E-state index in [1.165, 1.54) is 23.5 Å². The Bertz CT molecular complexity index is 588. The molecule has 1 saturated heterocycles. The zero-order valence-electron chi connectivity index (χ0n) is 10.3. The second-order valence-electron chi connectivity index (χ2n) is 4.69. The molecule has 19 heavy (non-hydrogen) atoms. The van der Waals surface area contributed by atoms with Crippen LogP contribution in [0.15, 0.2) is 24.5 Å². The van der Waals surface area contributed by atoms with Gasteiger partial charge in [0.25, 0.3) is 0 Å². The number of hydrogen-bond acceptors (Lipinski definition) is 6. The van der Waals surface area contributed by atoms with E-state index in [2.05, 4.69) is 26.4 Å². The van der Waals surface area contributed by atoms with Gasteiger partial charge in [0.1, 0.15) is 6.33 Å². The van der Waals surface area contributed by atoms with Crippen LogP contribution in [0, 0.1) is 0 Å². The number of benzene rings is 1. The van der Waals surface area contributed by atoms with Gasteiger partial charge < -0.3 is 14.4 Å². The smallest absolute Gasteiger partial charge is 0.231 e. The first-order valence-electron chi connectivity index (χ1n) is 6.35. The largest absolute Gasteiger partial charge is 0.454 e. The van der Waals surface area contributed by atoms with Crippen LogP contribution in [0.5, 0.6) is 11.5 Å². The Morgan fingerprint density at radius 3 is 3.11 bits per heavy atom. The minimum absolute atomic E-state index is 0.323. The third-order valence-corrected chi connectivity index (χ3v) is 4.33. The van der Waals surface area contributed by atoms with E-state index in [0.29, 0.717) is 12.8 Å². The minimum Gasteiger partial charge on any atom is -0.454 e. The standard InChI is InChI=1S/C13H13N3O2S/c1-2-10(16(5-1)13-14-7-15-19-13)9-3-4-11-12(6-9)18-8-17-11/h3-4,6-7,10H,1-2,5,8H2. The molecule has 4 rings (SSSR count). The summed E-state index contributed by atoms with van der Waals surface area (Å²) in [6.07, 6.45) is 3.94. The van der Waals surface area contributed by atoms with E-state index < -0.39 is 0 Å². The molecule has 0 amide bonds. The maximum Gasteiger partial charge on any atom is 0.231 e. The first kappa shape index (κ1) is 11.0. The fourth-order valence-corrected chi connectivity index (χ4v) is 3.36. The van der Waals surface area contributed by atoms with Gasteiger partial charge in [0, 0.05) is 18.1 Å². The van der Waals surface area contributed by atoms with Crippen molar-refractivity contribution in [3.8, 4) is 11.5 Å². The Labute approximate surface area is 115 Å². The summed E-state index contributed by atoms with van der Waals surface area (Å²) in [6, 6.07) is 6.57. The molecule has 0 bridgehead atoms. The van der Waals surface area contributed by atoms with Crippen LogP contribution >= 0.6 is 11.5 Å². The molecule has 0 radical (unpaired) electrons. The van der Waals surface area contributed by atoms with Crippen molar-refractivity contribution in [1.82, 2.24) is 9.36 Å². The molecule has 0 aliphatic carbocycles. The van der Waals surface area contributed by atoms with Gasteiger partial charge in [-0.3, -0.25) is 0 Å². The van der Waals surface area contributed by atoms with Gasteiger partial charge in [-0.25, -0.2) is 4.98 Å². The van der Waals surface area contributed by atoms with Gasteiger partial charge in [-0.15, -0.1) is 0 Å². The average molecular weight is 275 g/mol. The average Bonchev–Trinajstić information content (AvgIpc) is 3.18. The molecule has 2 aliphatic heterocycles. The molecule has 1 aromatic carbocycles. The molecular formula is C13H13N3O2S. The maximum atomic E-state index is 5.46. The number of rotatable bonds is 2. The van der Waals surface area contributed by atoms with Crippen LogP contribution in [0.1, 0.15) is 24.4 Å². The van der Waals surface area contributed by atoms with Crippen molar-refractivity contribution < 1.29 is 9.47 Å². The highest BCUT2D eigenvalue weighted by molar-refractivity contribution is 7.09. The highest BCUT2D eigenvalue weighted by Crippen LogP contribution is 2.40. The van der Waals surface area contributed by atoms with Crippen LogP contribution < -0.4 is 14.4 Å². The van der Waals surface area contributed by atoms with Gasteiger partial charge in [0.05, 0.1) is 6.04 Å². The van der Waals surface area contributed by atoms with Crippen LogP contribution in [0.4, 0.5) is 5.13 Å². The van der Waals surface area contributed by atoms with Crippen LogP contribution in [0.2, 0.25) is 0 Å². The third-order valence-electron chi connectivity index (χ3n) is 3.63. The van der Waals surface area contributed by atoms with Crippen molar-refractivity contribution in [2.24, 2.45) is 0 Å². The summed E-state index contributed by atoms with van der Waals surface area (Å²) < 4.78 is 14.9. The number of fused-ring (bicyclic) bond motifs is 1. The lowest BCUT2D eigenvalue weighted by Crippen LogP contribution is -2.22. The van der Waals surface area contributed by atoms with Gasteiger partial charge in [-0.2, -0.15) is 4.37 Å². The van der Waals surface area contributed by atoms with Crippen LogP contribution in [0.25, 0.3) is 0 Å². The van der Waals surface area contributed by atoms with Crippen molar-refractivity contribution in [2.75, 3.05) is 18.2 Å². The summed E-state index contributed by atoms with van der Waals surface area (Å²) in [5.74, 6) is 1.69. The number of nitrogens with zero attached hydrogens (tertiary/aromatic N) is 3. The fourth-order valence-electron chi connectivity index (χ4n) is 2.76. The number of ether oxygens (including phenoxy) is 2. The molecule has 1 aromatic heterocycles. The molecule has 1 fully saturated rings. The molecule has 1 unspecified atom stereocenters. The molecule has 5 nitrogen and oxygen atoms in total. The first-order chi connectivity index (χ1) is 9.42. The SMILES string of the molecule is c1nsc(N2CCCC2c2ccc3c(c2)OCO3)n1. The molecule has 98 valence electrons. The van der Waals surface area contributed by atoms with Gasteiger partial charge >= 0.3 is 0 Å². The molecular weight excluding hydrogens is 262 g/mol. The van der Waals surface area contributed by atoms with Crippen molar-refractivity contribution in [3.63, 3.8) is 0 Å². The molecule has 0 N–H and O–H groups in total. The molecule has 2 aromatic rings. The summed E-state index contributed by atoms with van der Waals surface area (Å²) in [5.41, 5.74) is 1.26. The lowest BCUT2D eigenvalue weighted by molar-refractivity contribution is 0.174. The lowest BCUT2D eigenvalue weighted by Gasteiger charge is -2.24. The van der Waals surface area contributed by atoms with Crippen molar-refractivity contribution in [1.29, 1.82) is 0 Å². The van der Waals surface area contributed by atoms with Crippen molar-refractivity contribution in [2.45, 2.75) is 18.9 Å². The Kier molecular flexibility index (Phi) is 2.55. The van der Waals surface area contributed by atoms with E-state index in [4.69, 9.17) is 9.47 Å². The van der Waals surface area contributed by atoms with E-state index in [1.54, 1.807) is 6.33 Å². The molecule has 0 spiro atoms. The van der Waals surface area contributed by atoms with E-state index in [0.717, 1.165) is 29.6 Å². The monoisotopic (exact) mass is 275 g/mol. The summed E-state index contributed by atoms with van der Waals surface area (Å²) in [5, 5.41) is 1.00. The molecule has 0 saturated carbocycles. The summed E-state index contributed by atoms with van der Waals surface area (Å²) in [4.78, 5) is 6.65. The molecule has 3 heterocycles. The van der Waals surface area contributed by atoms with E-state index in [1.807, 2.05) is 6.07 Å². The predicted molar refractivity (Wildman–Crippen MR) is 71.8 cm³/mol. The second kappa shape index (κ2) is 4.38.